The van der Waals surface area contributed by atoms with E-state index in [0.29, 0.717) is 22.5 Å². The highest BCUT2D eigenvalue weighted by atomic mass is 19.1. The summed E-state index contributed by atoms with van der Waals surface area (Å²) in [6.45, 7) is 1.85. The van der Waals surface area contributed by atoms with Crippen molar-refractivity contribution >= 4 is 11.0 Å². The van der Waals surface area contributed by atoms with Crippen molar-refractivity contribution in [3.05, 3.63) is 59.5 Å². The zero-order valence-corrected chi connectivity index (χ0v) is 10.3. The Hall–Kier alpha value is -2.11. The van der Waals surface area contributed by atoms with E-state index in [1.807, 2.05) is 19.1 Å². The van der Waals surface area contributed by atoms with Crippen LogP contribution >= 0.6 is 0 Å². The lowest BCUT2D eigenvalue weighted by molar-refractivity contribution is 0.394. The van der Waals surface area contributed by atoms with Crippen molar-refractivity contribution in [2.75, 3.05) is 0 Å². The maximum absolute atomic E-state index is 13.2. The summed E-state index contributed by atoms with van der Waals surface area (Å²) in [6, 6.07) is 9.40. The molecule has 19 heavy (non-hydrogen) atoms. The lowest BCUT2D eigenvalue weighted by Crippen LogP contribution is -2.28. The molecule has 5 heteroatoms. The number of nitrogens with one attached hydrogen (secondary N) is 1. The Labute approximate surface area is 109 Å². The summed E-state index contributed by atoms with van der Waals surface area (Å²) < 4.78 is 24.4. The van der Waals surface area contributed by atoms with Crippen LogP contribution in [0.5, 0.6) is 0 Å². The SMILES string of the molecule is Cc1ccc(C(NN)c2cc3cc(F)ccc3o2)o1. The van der Waals surface area contributed by atoms with Crippen LogP contribution in [-0.4, -0.2) is 0 Å². The summed E-state index contributed by atoms with van der Waals surface area (Å²) in [5.74, 6) is 7.28. The Morgan fingerprint density at radius 3 is 2.63 bits per heavy atom. The van der Waals surface area contributed by atoms with Gasteiger partial charge in [-0.2, -0.15) is 0 Å². The highest BCUT2D eigenvalue weighted by Gasteiger charge is 2.20. The summed E-state index contributed by atoms with van der Waals surface area (Å²) in [5.41, 5.74) is 3.25. The largest absolute Gasteiger partial charge is 0.464 e. The molecule has 1 unspecified atom stereocenters. The smallest absolute Gasteiger partial charge is 0.137 e. The van der Waals surface area contributed by atoms with Crippen LogP contribution in [0.1, 0.15) is 23.3 Å². The normalized spacial score (nSPS) is 13.0. The molecule has 0 spiro atoms. The standard InChI is InChI=1S/C14H13FN2O2/c1-8-2-4-12(18-8)14(17-16)13-7-9-6-10(15)3-5-11(9)19-13/h2-7,14,17H,16H2,1H3. The summed E-state index contributed by atoms with van der Waals surface area (Å²) in [6.07, 6.45) is 0. The number of hydrogen-bond acceptors (Lipinski definition) is 4. The first-order valence-electron chi connectivity index (χ1n) is 5.89. The van der Waals surface area contributed by atoms with Gasteiger partial charge in [0.25, 0.3) is 0 Å². The van der Waals surface area contributed by atoms with Crippen molar-refractivity contribution in [1.29, 1.82) is 0 Å². The van der Waals surface area contributed by atoms with Gasteiger partial charge in [0.2, 0.25) is 0 Å². The van der Waals surface area contributed by atoms with Crippen LogP contribution in [0, 0.1) is 12.7 Å². The average molecular weight is 260 g/mol. The molecule has 3 rings (SSSR count). The van der Waals surface area contributed by atoms with Crippen LogP contribution in [0.3, 0.4) is 0 Å². The molecule has 2 heterocycles. The summed E-state index contributed by atoms with van der Waals surface area (Å²) in [7, 11) is 0. The van der Waals surface area contributed by atoms with Crippen molar-refractivity contribution < 1.29 is 13.2 Å². The first-order chi connectivity index (χ1) is 9.17. The van der Waals surface area contributed by atoms with Gasteiger partial charge in [0.15, 0.2) is 0 Å². The number of hydrazine groups is 1. The minimum absolute atomic E-state index is 0.300. The predicted molar refractivity (Wildman–Crippen MR) is 68.8 cm³/mol. The van der Waals surface area contributed by atoms with Gasteiger partial charge in [-0.3, -0.25) is 5.84 Å². The first-order valence-corrected chi connectivity index (χ1v) is 5.89. The molecular weight excluding hydrogens is 247 g/mol. The number of fused-ring (bicyclic) bond motifs is 1. The van der Waals surface area contributed by atoms with Gasteiger partial charge in [0.05, 0.1) is 0 Å². The molecule has 0 radical (unpaired) electrons. The number of rotatable bonds is 3. The van der Waals surface area contributed by atoms with Crippen molar-refractivity contribution in [3.8, 4) is 0 Å². The van der Waals surface area contributed by atoms with Crippen molar-refractivity contribution in [2.45, 2.75) is 13.0 Å². The van der Waals surface area contributed by atoms with E-state index >= 15 is 0 Å². The third-order valence-electron chi connectivity index (χ3n) is 2.99. The number of aryl methyl sites for hydroxylation is 1. The van der Waals surface area contributed by atoms with Crippen molar-refractivity contribution in [3.63, 3.8) is 0 Å². The third-order valence-corrected chi connectivity index (χ3v) is 2.99. The van der Waals surface area contributed by atoms with E-state index in [1.54, 1.807) is 12.1 Å². The van der Waals surface area contributed by atoms with Crippen LogP contribution in [0.15, 0.2) is 45.2 Å². The van der Waals surface area contributed by atoms with Gasteiger partial charge in [-0.1, -0.05) is 0 Å². The predicted octanol–water partition coefficient (Wildman–Crippen LogP) is 3.03. The Kier molecular flexibility index (Phi) is 2.85. The quantitative estimate of drug-likeness (QED) is 0.561. The van der Waals surface area contributed by atoms with Gasteiger partial charge in [0, 0.05) is 5.39 Å². The van der Waals surface area contributed by atoms with Crippen LogP contribution in [0.4, 0.5) is 4.39 Å². The lowest BCUT2D eigenvalue weighted by atomic mass is 10.1. The van der Waals surface area contributed by atoms with Crippen LogP contribution < -0.4 is 11.3 Å². The maximum atomic E-state index is 13.2. The topological polar surface area (TPSA) is 64.3 Å². The van der Waals surface area contributed by atoms with Crippen molar-refractivity contribution in [2.24, 2.45) is 5.84 Å². The molecule has 0 aliphatic heterocycles. The fraction of sp³-hybridized carbons (Fsp3) is 0.143. The van der Waals surface area contributed by atoms with E-state index in [0.717, 1.165) is 5.76 Å². The molecule has 2 aromatic heterocycles. The van der Waals surface area contributed by atoms with Gasteiger partial charge in [-0.15, -0.1) is 0 Å². The molecule has 0 saturated carbocycles. The molecule has 4 nitrogen and oxygen atoms in total. The zero-order chi connectivity index (χ0) is 13.4. The van der Waals surface area contributed by atoms with Crippen LogP contribution in [0.2, 0.25) is 0 Å². The van der Waals surface area contributed by atoms with Gasteiger partial charge in [-0.05, 0) is 43.3 Å². The molecular formula is C14H13FN2O2. The minimum atomic E-state index is -0.399. The van der Waals surface area contributed by atoms with Crippen molar-refractivity contribution in [1.82, 2.24) is 5.43 Å². The molecule has 0 amide bonds. The molecule has 0 aliphatic rings. The second-order valence-corrected chi connectivity index (χ2v) is 4.38. The monoisotopic (exact) mass is 260 g/mol. The lowest BCUT2D eigenvalue weighted by Gasteiger charge is -2.09. The molecule has 0 bridgehead atoms. The molecule has 1 atom stereocenters. The van der Waals surface area contributed by atoms with Crippen LogP contribution in [0.25, 0.3) is 11.0 Å². The van der Waals surface area contributed by atoms with E-state index in [2.05, 4.69) is 5.43 Å². The minimum Gasteiger partial charge on any atom is -0.464 e. The highest BCUT2D eigenvalue weighted by Crippen LogP contribution is 2.29. The zero-order valence-electron chi connectivity index (χ0n) is 10.3. The Bertz CT molecular complexity index is 717. The van der Waals surface area contributed by atoms with Gasteiger partial charge < -0.3 is 8.83 Å². The van der Waals surface area contributed by atoms with Gasteiger partial charge in [0.1, 0.15) is 34.7 Å². The molecule has 3 aromatic rings. The number of hydrogen-bond donors (Lipinski definition) is 2. The first kappa shape index (κ1) is 12.0. The highest BCUT2D eigenvalue weighted by molar-refractivity contribution is 5.78. The molecule has 1 aromatic carbocycles. The van der Waals surface area contributed by atoms with E-state index in [9.17, 15) is 4.39 Å². The van der Waals surface area contributed by atoms with E-state index in [1.165, 1.54) is 12.1 Å². The Morgan fingerprint density at radius 1 is 1.11 bits per heavy atom. The third kappa shape index (κ3) is 2.14. The number of halogens is 1. The number of nitrogens with two attached hydrogens (primary N) is 1. The molecule has 3 N–H and O–H groups in total. The number of furan rings is 2. The Balaban J connectivity index is 2.06. The molecule has 0 fully saturated rings. The second-order valence-electron chi connectivity index (χ2n) is 4.38. The van der Waals surface area contributed by atoms with E-state index < -0.39 is 6.04 Å². The maximum Gasteiger partial charge on any atom is 0.137 e. The Morgan fingerprint density at radius 2 is 1.95 bits per heavy atom. The fourth-order valence-corrected chi connectivity index (χ4v) is 2.09. The van der Waals surface area contributed by atoms with E-state index in [4.69, 9.17) is 14.7 Å². The summed E-state index contributed by atoms with van der Waals surface area (Å²) in [4.78, 5) is 0. The summed E-state index contributed by atoms with van der Waals surface area (Å²) in [5, 5.41) is 0.693. The molecule has 0 aliphatic carbocycles. The average Bonchev–Trinajstić information content (AvgIpc) is 2.96. The summed E-state index contributed by atoms with van der Waals surface area (Å²) >= 11 is 0. The van der Waals surface area contributed by atoms with Gasteiger partial charge >= 0.3 is 0 Å². The van der Waals surface area contributed by atoms with Crippen LogP contribution in [-0.2, 0) is 0 Å². The fourth-order valence-electron chi connectivity index (χ4n) is 2.09. The van der Waals surface area contributed by atoms with Gasteiger partial charge in [-0.25, -0.2) is 9.82 Å². The molecule has 98 valence electrons. The molecule has 0 saturated heterocycles. The van der Waals surface area contributed by atoms with E-state index in [-0.39, 0.29) is 5.82 Å². The number of benzene rings is 1. The second kappa shape index (κ2) is 4.53.